The van der Waals surface area contributed by atoms with E-state index in [1.165, 1.54) is 6.42 Å². The van der Waals surface area contributed by atoms with E-state index in [0.29, 0.717) is 17.4 Å². The minimum atomic E-state index is -0.350. The molecule has 1 heterocycles. The lowest BCUT2D eigenvalue weighted by molar-refractivity contribution is -0.384. The third kappa shape index (κ3) is 4.21. The first kappa shape index (κ1) is 16.5. The molecule has 0 atom stereocenters. The van der Waals surface area contributed by atoms with Crippen LogP contribution in [0.3, 0.4) is 0 Å². The number of anilines is 1. The lowest BCUT2D eigenvalue weighted by Crippen LogP contribution is -2.12. The Morgan fingerprint density at radius 2 is 1.95 bits per heavy atom. The van der Waals surface area contributed by atoms with Gasteiger partial charge in [-0.2, -0.15) is 5.10 Å². The Bertz CT molecular complexity index is 452. The highest BCUT2D eigenvalue weighted by molar-refractivity contribution is 5.59. The highest BCUT2D eigenvalue weighted by Crippen LogP contribution is 2.30. The molecule has 0 radical (unpaired) electrons. The van der Waals surface area contributed by atoms with E-state index < -0.39 is 0 Å². The molecule has 1 rings (SSSR count). The number of hydrogen-bond donors (Lipinski definition) is 1. The summed E-state index contributed by atoms with van der Waals surface area (Å²) in [6.07, 6.45) is 3.33. The Labute approximate surface area is 120 Å². The van der Waals surface area contributed by atoms with Crippen molar-refractivity contribution in [1.82, 2.24) is 9.78 Å². The van der Waals surface area contributed by atoms with E-state index in [1.807, 2.05) is 13.8 Å². The minimum Gasteiger partial charge on any atom is -0.365 e. The van der Waals surface area contributed by atoms with Gasteiger partial charge in [-0.25, -0.2) is 4.68 Å². The zero-order valence-electron chi connectivity index (χ0n) is 13.1. The summed E-state index contributed by atoms with van der Waals surface area (Å²) in [5.41, 5.74) is 0.566. The van der Waals surface area contributed by atoms with E-state index in [-0.39, 0.29) is 16.7 Å². The SMILES string of the molecule is Cc1nn(C(C)C)c(NCCCCC(C)C)c1[N+](=O)[O-]. The average molecular weight is 282 g/mol. The quantitative estimate of drug-likeness (QED) is 0.445. The third-order valence-electron chi connectivity index (χ3n) is 3.23. The Morgan fingerprint density at radius 3 is 2.45 bits per heavy atom. The van der Waals surface area contributed by atoms with E-state index in [1.54, 1.807) is 11.6 Å². The molecule has 0 aliphatic carbocycles. The summed E-state index contributed by atoms with van der Waals surface area (Å²) >= 11 is 0. The second kappa shape index (κ2) is 7.26. The Kier molecular flexibility index (Phi) is 5.98. The number of hydrogen-bond acceptors (Lipinski definition) is 4. The standard InChI is InChI=1S/C14H26N4O2/c1-10(2)8-6-7-9-15-14-13(18(19)20)12(5)16-17(14)11(3)4/h10-11,15H,6-9H2,1-5H3. The minimum absolute atomic E-state index is 0.0977. The average Bonchev–Trinajstić information content (AvgIpc) is 2.65. The molecule has 0 aromatic carbocycles. The van der Waals surface area contributed by atoms with Crippen LogP contribution in [0.15, 0.2) is 0 Å². The predicted molar refractivity (Wildman–Crippen MR) is 81.2 cm³/mol. The molecular formula is C14H26N4O2. The topological polar surface area (TPSA) is 73.0 Å². The number of nitrogens with zero attached hydrogens (tertiary/aromatic N) is 3. The van der Waals surface area contributed by atoms with Gasteiger partial charge >= 0.3 is 5.69 Å². The summed E-state index contributed by atoms with van der Waals surface area (Å²) in [5.74, 6) is 1.24. The Hall–Kier alpha value is -1.59. The maximum atomic E-state index is 11.2. The number of nitro groups is 1. The molecule has 20 heavy (non-hydrogen) atoms. The number of aryl methyl sites for hydroxylation is 1. The summed E-state index contributed by atoms with van der Waals surface area (Å²) in [5, 5.41) is 18.6. The molecule has 1 aromatic rings. The van der Waals surface area contributed by atoms with Gasteiger partial charge in [0.25, 0.3) is 0 Å². The van der Waals surface area contributed by atoms with Crippen LogP contribution in [0.4, 0.5) is 11.5 Å². The van der Waals surface area contributed by atoms with Gasteiger partial charge in [-0.15, -0.1) is 0 Å². The summed E-state index contributed by atoms with van der Waals surface area (Å²) in [7, 11) is 0. The lowest BCUT2D eigenvalue weighted by Gasteiger charge is -2.12. The predicted octanol–water partition coefficient (Wildman–Crippen LogP) is 3.92. The molecule has 6 nitrogen and oxygen atoms in total. The van der Waals surface area contributed by atoms with Crippen molar-refractivity contribution in [2.75, 3.05) is 11.9 Å². The maximum absolute atomic E-state index is 11.2. The van der Waals surface area contributed by atoms with Crippen molar-refractivity contribution < 1.29 is 4.92 Å². The molecular weight excluding hydrogens is 256 g/mol. The molecule has 0 amide bonds. The zero-order chi connectivity index (χ0) is 15.3. The number of unbranched alkanes of at least 4 members (excludes halogenated alkanes) is 1. The van der Waals surface area contributed by atoms with Gasteiger partial charge in [0.15, 0.2) is 0 Å². The van der Waals surface area contributed by atoms with Gasteiger partial charge in [0.05, 0.1) is 4.92 Å². The summed E-state index contributed by atoms with van der Waals surface area (Å²) in [4.78, 5) is 10.8. The second-order valence-corrected chi connectivity index (χ2v) is 5.89. The van der Waals surface area contributed by atoms with E-state index in [9.17, 15) is 10.1 Å². The van der Waals surface area contributed by atoms with Crippen LogP contribution >= 0.6 is 0 Å². The maximum Gasteiger partial charge on any atom is 0.333 e. The fourth-order valence-corrected chi connectivity index (χ4v) is 2.18. The third-order valence-corrected chi connectivity index (χ3v) is 3.23. The fourth-order valence-electron chi connectivity index (χ4n) is 2.18. The van der Waals surface area contributed by atoms with Crippen molar-refractivity contribution >= 4 is 11.5 Å². The van der Waals surface area contributed by atoms with Crippen molar-refractivity contribution in [1.29, 1.82) is 0 Å². The van der Waals surface area contributed by atoms with E-state index in [4.69, 9.17) is 0 Å². The van der Waals surface area contributed by atoms with E-state index >= 15 is 0 Å². The van der Waals surface area contributed by atoms with Crippen LogP contribution in [-0.4, -0.2) is 21.2 Å². The highest BCUT2D eigenvalue weighted by Gasteiger charge is 2.25. The van der Waals surface area contributed by atoms with Crippen molar-refractivity contribution in [2.45, 2.75) is 59.9 Å². The van der Waals surface area contributed by atoms with E-state index in [0.717, 1.165) is 19.4 Å². The Balaban J connectivity index is 2.74. The van der Waals surface area contributed by atoms with Crippen LogP contribution in [0, 0.1) is 23.0 Å². The molecule has 0 aliphatic rings. The molecule has 0 aliphatic heterocycles. The smallest absolute Gasteiger partial charge is 0.333 e. The van der Waals surface area contributed by atoms with Gasteiger partial charge in [0, 0.05) is 12.6 Å². The number of aromatic nitrogens is 2. The monoisotopic (exact) mass is 282 g/mol. The van der Waals surface area contributed by atoms with Gasteiger partial charge in [-0.1, -0.05) is 26.7 Å². The first-order valence-electron chi connectivity index (χ1n) is 7.32. The molecule has 1 N–H and O–H groups in total. The second-order valence-electron chi connectivity index (χ2n) is 5.89. The van der Waals surface area contributed by atoms with Gasteiger partial charge in [0.2, 0.25) is 5.82 Å². The Morgan fingerprint density at radius 1 is 1.30 bits per heavy atom. The summed E-state index contributed by atoms with van der Waals surface area (Å²) < 4.78 is 1.70. The molecule has 0 saturated heterocycles. The molecule has 0 saturated carbocycles. The first-order valence-corrected chi connectivity index (χ1v) is 7.32. The van der Waals surface area contributed by atoms with Gasteiger partial charge < -0.3 is 5.32 Å². The number of rotatable bonds is 8. The summed E-state index contributed by atoms with van der Waals surface area (Å²) in [6.45, 7) is 10.8. The fraction of sp³-hybridized carbons (Fsp3) is 0.786. The largest absolute Gasteiger partial charge is 0.365 e. The van der Waals surface area contributed by atoms with E-state index in [2.05, 4.69) is 24.3 Å². The summed E-state index contributed by atoms with van der Waals surface area (Å²) in [6, 6.07) is 0.0977. The van der Waals surface area contributed by atoms with Gasteiger partial charge in [0.1, 0.15) is 5.69 Å². The molecule has 0 bridgehead atoms. The van der Waals surface area contributed by atoms with Crippen molar-refractivity contribution in [2.24, 2.45) is 5.92 Å². The van der Waals surface area contributed by atoms with Crippen LogP contribution in [-0.2, 0) is 0 Å². The van der Waals surface area contributed by atoms with Crippen molar-refractivity contribution in [3.8, 4) is 0 Å². The van der Waals surface area contributed by atoms with Crippen LogP contribution in [0.25, 0.3) is 0 Å². The molecule has 0 fully saturated rings. The first-order chi connectivity index (χ1) is 9.34. The molecule has 6 heteroatoms. The van der Waals surface area contributed by atoms with Gasteiger partial charge in [-0.3, -0.25) is 10.1 Å². The van der Waals surface area contributed by atoms with Crippen LogP contribution in [0.1, 0.15) is 58.7 Å². The van der Waals surface area contributed by atoms with Gasteiger partial charge in [-0.05, 0) is 33.1 Å². The molecule has 0 unspecified atom stereocenters. The normalized spacial score (nSPS) is 11.3. The molecule has 0 spiro atoms. The number of nitrogens with one attached hydrogen (secondary N) is 1. The highest BCUT2D eigenvalue weighted by atomic mass is 16.6. The molecule has 114 valence electrons. The zero-order valence-corrected chi connectivity index (χ0v) is 13.1. The van der Waals surface area contributed by atoms with Crippen molar-refractivity contribution in [3.63, 3.8) is 0 Å². The lowest BCUT2D eigenvalue weighted by atomic mass is 10.1. The van der Waals surface area contributed by atoms with Crippen LogP contribution in [0.5, 0.6) is 0 Å². The molecule has 1 aromatic heterocycles. The van der Waals surface area contributed by atoms with Crippen LogP contribution in [0.2, 0.25) is 0 Å². The van der Waals surface area contributed by atoms with Crippen LogP contribution < -0.4 is 5.32 Å². The van der Waals surface area contributed by atoms with Crippen molar-refractivity contribution in [3.05, 3.63) is 15.8 Å².